The van der Waals surface area contributed by atoms with Crippen LogP contribution in [-0.2, 0) is 0 Å². The van der Waals surface area contributed by atoms with Crippen LogP contribution in [0.3, 0.4) is 0 Å². The standard InChI is InChI=1S/C12H19ClN2/c1-9-7-10(2)11(14-8-9)15-12(3,4)5-6-13/h7-8H,5-6H2,1-4H3,(H,14,15). The van der Waals surface area contributed by atoms with Crippen molar-refractivity contribution in [2.45, 2.75) is 39.7 Å². The minimum Gasteiger partial charge on any atom is -0.365 e. The molecule has 0 saturated carbocycles. The molecule has 1 aromatic rings. The Balaban J connectivity index is 2.80. The van der Waals surface area contributed by atoms with Crippen molar-refractivity contribution in [2.75, 3.05) is 11.2 Å². The van der Waals surface area contributed by atoms with Crippen LogP contribution in [0.5, 0.6) is 0 Å². The smallest absolute Gasteiger partial charge is 0.129 e. The summed E-state index contributed by atoms with van der Waals surface area (Å²) in [6.45, 7) is 8.39. The molecule has 0 amide bonds. The van der Waals surface area contributed by atoms with Crippen LogP contribution < -0.4 is 5.32 Å². The molecule has 0 radical (unpaired) electrons. The molecule has 0 aliphatic heterocycles. The first-order valence-electron chi connectivity index (χ1n) is 5.22. The maximum atomic E-state index is 5.76. The van der Waals surface area contributed by atoms with Gasteiger partial charge < -0.3 is 5.32 Å². The predicted octanol–water partition coefficient (Wildman–Crippen LogP) is 3.52. The van der Waals surface area contributed by atoms with Gasteiger partial charge in [-0.25, -0.2) is 4.98 Å². The number of aromatic nitrogens is 1. The zero-order chi connectivity index (χ0) is 11.5. The Kier molecular flexibility index (Phi) is 3.97. The van der Waals surface area contributed by atoms with Gasteiger partial charge in [0.15, 0.2) is 0 Å². The molecule has 1 rings (SSSR count). The van der Waals surface area contributed by atoms with Crippen molar-refractivity contribution in [3.05, 3.63) is 23.4 Å². The molecular weight excluding hydrogens is 208 g/mol. The van der Waals surface area contributed by atoms with Crippen LogP contribution in [0.25, 0.3) is 0 Å². The Hall–Kier alpha value is -0.760. The van der Waals surface area contributed by atoms with Crippen molar-refractivity contribution in [2.24, 2.45) is 0 Å². The van der Waals surface area contributed by atoms with Crippen molar-refractivity contribution < 1.29 is 0 Å². The van der Waals surface area contributed by atoms with Crippen molar-refractivity contribution in [1.29, 1.82) is 0 Å². The number of hydrogen-bond acceptors (Lipinski definition) is 2. The second-order valence-electron chi connectivity index (χ2n) is 4.63. The van der Waals surface area contributed by atoms with Gasteiger partial charge in [0.05, 0.1) is 0 Å². The molecule has 15 heavy (non-hydrogen) atoms. The topological polar surface area (TPSA) is 24.9 Å². The molecule has 0 atom stereocenters. The fraction of sp³-hybridized carbons (Fsp3) is 0.583. The number of nitrogens with one attached hydrogen (secondary N) is 1. The van der Waals surface area contributed by atoms with Crippen LogP contribution in [0.4, 0.5) is 5.82 Å². The van der Waals surface area contributed by atoms with Crippen LogP contribution in [-0.4, -0.2) is 16.4 Å². The monoisotopic (exact) mass is 226 g/mol. The number of rotatable bonds is 4. The highest BCUT2D eigenvalue weighted by atomic mass is 35.5. The normalized spacial score (nSPS) is 11.5. The molecule has 0 aromatic carbocycles. The molecule has 1 aromatic heterocycles. The molecule has 0 bridgehead atoms. The minimum absolute atomic E-state index is 0.00519. The van der Waals surface area contributed by atoms with Crippen LogP contribution in [0.2, 0.25) is 0 Å². The van der Waals surface area contributed by atoms with Crippen LogP contribution in [0, 0.1) is 13.8 Å². The maximum absolute atomic E-state index is 5.76. The van der Waals surface area contributed by atoms with Crippen LogP contribution >= 0.6 is 11.6 Å². The predicted molar refractivity (Wildman–Crippen MR) is 66.7 cm³/mol. The second kappa shape index (κ2) is 4.84. The van der Waals surface area contributed by atoms with Crippen LogP contribution in [0.15, 0.2) is 12.3 Å². The average molecular weight is 227 g/mol. The third-order valence-electron chi connectivity index (χ3n) is 2.39. The molecule has 0 aliphatic rings. The maximum Gasteiger partial charge on any atom is 0.129 e. The third kappa shape index (κ3) is 3.71. The van der Waals surface area contributed by atoms with Gasteiger partial charge in [0.25, 0.3) is 0 Å². The summed E-state index contributed by atoms with van der Waals surface area (Å²) in [5.74, 6) is 1.61. The number of anilines is 1. The number of nitrogens with zero attached hydrogens (tertiary/aromatic N) is 1. The van der Waals surface area contributed by atoms with Gasteiger partial charge in [-0.2, -0.15) is 0 Å². The Morgan fingerprint density at radius 1 is 1.40 bits per heavy atom. The summed E-state index contributed by atoms with van der Waals surface area (Å²) in [7, 11) is 0. The molecule has 2 nitrogen and oxygen atoms in total. The first-order valence-corrected chi connectivity index (χ1v) is 5.75. The molecule has 0 saturated heterocycles. The number of pyridine rings is 1. The summed E-state index contributed by atoms with van der Waals surface area (Å²) in [4.78, 5) is 4.39. The SMILES string of the molecule is Cc1cnc(NC(C)(C)CCCl)c(C)c1. The summed E-state index contributed by atoms with van der Waals surface area (Å²) >= 11 is 5.76. The highest BCUT2D eigenvalue weighted by molar-refractivity contribution is 6.17. The summed E-state index contributed by atoms with van der Waals surface area (Å²) in [6.07, 6.45) is 2.80. The number of alkyl halides is 1. The molecule has 0 spiro atoms. The van der Waals surface area contributed by atoms with E-state index in [0.717, 1.165) is 12.2 Å². The Morgan fingerprint density at radius 3 is 2.60 bits per heavy atom. The second-order valence-corrected chi connectivity index (χ2v) is 5.00. The fourth-order valence-electron chi connectivity index (χ4n) is 1.47. The lowest BCUT2D eigenvalue weighted by atomic mass is 10.0. The number of hydrogen-bond donors (Lipinski definition) is 1. The van der Waals surface area contributed by atoms with Gasteiger partial charge in [0.1, 0.15) is 5.82 Å². The van der Waals surface area contributed by atoms with E-state index in [1.165, 1.54) is 11.1 Å². The van der Waals surface area contributed by atoms with Gasteiger partial charge >= 0.3 is 0 Å². The summed E-state index contributed by atoms with van der Waals surface area (Å²) in [5.41, 5.74) is 2.36. The lowest BCUT2D eigenvalue weighted by Crippen LogP contribution is -2.32. The lowest BCUT2D eigenvalue weighted by molar-refractivity contribution is 0.547. The highest BCUT2D eigenvalue weighted by Gasteiger charge is 2.17. The molecule has 0 fully saturated rings. The highest BCUT2D eigenvalue weighted by Crippen LogP contribution is 2.20. The van der Waals surface area contributed by atoms with Gasteiger partial charge in [-0.05, 0) is 45.2 Å². The largest absolute Gasteiger partial charge is 0.365 e. The van der Waals surface area contributed by atoms with Gasteiger partial charge in [-0.15, -0.1) is 11.6 Å². The van der Waals surface area contributed by atoms with E-state index in [1.54, 1.807) is 0 Å². The van der Waals surface area contributed by atoms with E-state index in [4.69, 9.17) is 11.6 Å². The van der Waals surface area contributed by atoms with Crippen molar-refractivity contribution >= 4 is 17.4 Å². The summed E-state index contributed by atoms with van der Waals surface area (Å²) in [6, 6.07) is 2.13. The zero-order valence-electron chi connectivity index (χ0n) is 9.89. The van der Waals surface area contributed by atoms with Gasteiger partial charge in [-0.3, -0.25) is 0 Å². The average Bonchev–Trinajstić information content (AvgIpc) is 2.09. The van der Waals surface area contributed by atoms with E-state index < -0.39 is 0 Å². The van der Waals surface area contributed by atoms with Crippen LogP contribution in [0.1, 0.15) is 31.4 Å². The summed E-state index contributed by atoms with van der Waals surface area (Å²) < 4.78 is 0. The fourth-order valence-corrected chi connectivity index (χ4v) is 1.94. The quantitative estimate of drug-likeness (QED) is 0.795. The van der Waals surface area contributed by atoms with E-state index in [1.807, 2.05) is 13.1 Å². The van der Waals surface area contributed by atoms with Crippen molar-refractivity contribution in [3.63, 3.8) is 0 Å². The summed E-state index contributed by atoms with van der Waals surface area (Å²) in [5, 5.41) is 3.42. The van der Waals surface area contributed by atoms with E-state index >= 15 is 0 Å². The van der Waals surface area contributed by atoms with Gasteiger partial charge in [-0.1, -0.05) is 6.07 Å². The molecule has 3 heteroatoms. The van der Waals surface area contributed by atoms with E-state index in [-0.39, 0.29) is 5.54 Å². The van der Waals surface area contributed by atoms with Crippen molar-refractivity contribution in [1.82, 2.24) is 4.98 Å². The Bertz CT molecular complexity index is 334. The Morgan fingerprint density at radius 2 is 2.07 bits per heavy atom. The molecular formula is C12H19ClN2. The molecule has 1 N–H and O–H groups in total. The van der Waals surface area contributed by atoms with Crippen molar-refractivity contribution in [3.8, 4) is 0 Å². The van der Waals surface area contributed by atoms with E-state index in [9.17, 15) is 0 Å². The first-order chi connectivity index (χ1) is 6.94. The lowest BCUT2D eigenvalue weighted by Gasteiger charge is -2.26. The Labute approximate surface area is 97.1 Å². The molecule has 0 aliphatic carbocycles. The molecule has 84 valence electrons. The number of aryl methyl sites for hydroxylation is 2. The minimum atomic E-state index is -0.00519. The van der Waals surface area contributed by atoms with E-state index in [0.29, 0.717) is 5.88 Å². The van der Waals surface area contributed by atoms with E-state index in [2.05, 4.69) is 37.1 Å². The third-order valence-corrected chi connectivity index (χ3v) is 2.58. The van der Waals surface area contributed by atoms with Gasteiger partial charge in [0, 0.05) is 17.6 Å². The molecule has 0 unspecified atom stereocenters. The first kappa shape index (κ1) is 12.3. The number of halogens is 1. The van der Waals surface area contributed by atoms with Gasteiger partial charge in [0.2, 0.25) is 0 Å². The molecule has 1 heterocycles. The zero-order valence-corrected chi connectivity index (χ0v) is 10.7.